The van der Waals surface area contributed by atoms with Crippen molar-refractivity contribution in [3.05, 3.63) is 23.7 Å². The van der Waals surface area contributed by atoms with Crippen LogP contribution in [0.2, 0.25) is 0 Å². The Kier molecular flexibility index (Phi) is 4.64. The number of hydrogen-bond donors (Lipinski definition) is 1. The Balaban J connectivity index is 2.14. The molecule has 4 heteroatoms. The van der Waals surface area contributed by atoms with Crippen molar-refractivity contribution in [1.29, 1.82) is 0 Å². The van der Waals surface area contributed by atoms with E-state index < -0.39 is 0 Å². The first-order valence-electron chi connectivity index (χ1n) is 7.22. The van der Waals surface area contributed by atoms with E-state index in [4.69, 9.17) is 10.2 Å². The zero-order chi connectivity index (χ0) is 13.8. The van der Waals surface area contributed by atoms with Gasteiger partial charge in [-0.3, -0.25) is 4.79 Å². The number of carbonyl (C=O) groups excluding carboxylic acids is 1. The molecule has 0 aromatic carbocycles. The fourth-order valence-electron chi connectivity index (χ4n) is 3.12. The molecule has 2 N–H and O–H groups in total. The molecule has 0 aliphatic heterocycles. The molecule has 0 saturated heterocycles. The molecule has 2 atom stereocenters. The summed E-state index contributed by atoms with van der Waals surface area (Å²) in [5, 5.41) is 0. The maximum atomic E-state index is 12.6. The van der Waals surface area contributed by atoms with Crippen LogP contribution in [0.1, 0.15) is 48.7 Å². The highest BCUT2D eigenvalue weighted by Crippen LogP contribution is 2.28. The number of carbonyl (C=O) groups is 1. The van der Waals surface area contributed by atoms with E-state index in [-0.39, 0.29) is 11.9 Å². The first kappa shape index (κ1) is 14.1. The molecule has 1 saturated carbocycles. The molecule has 2 unspecified atom stereocenters. The summed E-state index contributed by atoms with van der Waals surface area (Å²) in [4.78, 5) is 14.4. The quantitative estimate of drug-likeness (QED) is 0.908. The monoisotopic (exact) mass is 264 g/mol. The smallest absolute Gasteiger partial charge is 0.257 e. The first-order valence-corrected chi connectivity index (χ1v) is 7.22. The van der Waals surface area contributed by atoms with Crippen molar-refractivity contribution in [3.63, 3.8) is 0 Å². The second kappa shape index (κ2) is 6.24. The minimum absolute atomic E-state index is 0.0657. The predicted octanol–water partition coefficient (Wildman–Crippen LogP) is 2.43. The maximum Gasteiger partial charge on any atom is 0.257 e. The van der Waals surface area contributed by atoms with Crippen LogP contribution in [0.25, 0.3) is 0 Å². The SMILES string of the molecule is CCc1occc1C(=O)N(C)C1CCCCC1CN. The first-order chi connectivity index (χ1) is 9.19. The highest BCUT2D eigenvalue weighted by Gasteiger charge is 2.31. The Hall–Kier alpha value is -1.29. The van der Waals surface area contributed by atoms with Gasteiger partial charge in [0.05, 0.1) is 11.8 Å². The molecule has 4 nitrogen and oxygen atoms in total. The van der Waals surface area contributed by atoms with Gasteiger partial charge in [0.25, 0.3) is 5.91 Å². The number of nitrogens with two attached hydrogens (primary N) is 1. The van der Waals surface area contributed by atoms with Crippen molar-refractivity contribution in [1.82, 2.24) is 4.90 Å². The lowest BCUT2D eigenvalue weighted by Gasteiger charge is -2.37. The second-order valence-electron chi connectivity index (χ2n) is 5.37. The molecule has 0 radical (unpaired) electrons. The molecule has 1 amide bonds. The number of amides is 1. The molecule has 1 fully saturated rings. The molecule has 1 aliphatic rings. The third-order valence-corrected chi connectivity index (χ3v) is 4.29. The summed E-state index contributed by atoms with van der Waals surface area (Å²) >= 11 is 0. The molecule has 2 rings (SSSR count). The third kappa shape index (κ3) is 2.84. The number of rotatable bonds is 4. The molecule has 1 heterocycles. The Morgan fingerprint density at radius 3 is 2.89 bits per heavy atom. The van der Waals surface area contributed by atoms with Crippen molar-refractivity contribution < 1.29 is 9.21 Å². The van der Waals surface area contributed by atoms with Gasteiger partial charge in [0.2, 0.25) is 0 Å². The third-order valence-electron chi connectivity index (χ3n) is 4.29. The van der Waals surface area contributed by atoms with Crippen LogP contribution in [0.4, 0.5) is 0 Å². The minimum Gasteiger partial charge on any atom is -0.469 e. The van der Waals surface area contributed by atoms with Crippen molar-refractivity contribution >= 4 is 5.91 Å². The average molecular weight is 264 g/mol. The van der Waals surface area contributed by atoms with Gasteiger partial charge in [-0.05, 0) is 31.4 Å². The van der Waals surface area contributed by atoms with Gasteiger partial charge in [0.1, 0.15) is 5.76 Å². The van der Waals surface area contributed by atoms with Gasteiger partial charge >= 0.3 is 0 Å². The van der Waals surface area contributed by atoms with Crippen LogP contribution in [0, 0.1) is 5.92 Å². The predicted molar refractivity (Wildman–Crippen MR) is 75.0 cm³/mol. The molecular formula is C15H24N2O2. The van der Waals surface area contributed by atoms with Crippen LogP contribution >= 0.6 is 0 Å². The summed E-state index contributed by atoms with van der Waals surface area (Å²) in [6.45, 7) is 2.66. The summed E-state index contributed by atoms with van der Waals surface area (Å²) in [6, 6.07) is 2.05. The standard InChI is InChI=1S/C15H24N2O2/c1-3-14-12(8-9-19-14)15(18)17(2)13-7-5-4-6-11(13)10-16/h8-9,11,13H,3-7,10,16H2,1-2H3. The normalized spacial score (nSPS) is 23.3. The van der Waals surface area contributed by atoms with Gasteiger partial charge in [-0.2, -0.15) is 0 Å². The number of hydrogen-bond acceptors (Lipinski definition) is 3. The van der Waals surface area contributed by atoms with E-state index >= 15 is 0 Å². The van der Waals surface area contributed by atoms with Gasteiger partial charge in [-0.25, -0.2) is 0 Å². The maximum absolute atomic E-state index is 12.6. The minimum atomic E-state index is 0.0657. The van der Waals surface area contributed by atoms with E-state index in [0.29, 0.717) is 18.0 Å². The van der Waals surface area contributed by atoms with Gasteiger partial charge < -0.3 is 15.1 Å². The van der Waals surface area contributed by atoms with E-state index in [1.807, 2.05) is 18.9 Å². The molecular weight excluding hydrogens is 240 g/mol. The zero-order valence-electron chi connectivity index (χ0n) is 11.9. The molecule has 1 aliphatic carbocycles. The van der Waals surface area contributed by atoms with Crippen LogP contribution in [-0.4, -0.2) is 30.4 Å². The summed E-state index contributed by atoms with van der Waals surface area (Å²) in [5.74, 6) is 1.27. The summed E-state index contributed by atoms with van der Waals surface area (Å²) < 4.78 is 5.35. The largest absolute Gasteiger partial charge is 0.469 e. The highest BCUT2D eigenvalue weighted by molar-refractivity contribution is 5.95. The molecule has 106 valence electrons. The highest BCUT2D eigenvalue weighted by atomic mass is 16.3. The molecule has 1 aromatic heterocycles. The van der Waals surface area contributed by atoms with Gasteiger partial charge in [-0.1, -0.05) is 19.8 Å². The fourth-order valence-corrected chi connectivity index (χ4v) is 3.12. The van der Waals surface area contributed by atoms with E-state index in [1.165, 1.54) is 12.8 Å². The number of nitrogens with zero attached hydrogens (tertiary/aromatic N) is 1. The number of furan rings is 1. The topological polar surface area (TPSA) is 59.5 Å². The Morgan fingerprint density at radius 2 is 2.21 bits per heavy atom. The zero-order valence-corrected chi connectivity index (χ0v) is 11.9. The Labute approximate surface area is 114 Å². The second-order valence-corrected chi connectivity index (χ2v) is 5.37. The molecule has 0 bridgehead atoms. The lowest BCUT2D eigenvalue weighted by molar-refractivity contribution is 0.0618. The van der Waals surface area contributed by atoms with Crippen LogP contribution in [0.15, 0.2) is 16.7 Å². The molecule has 0 spiro atoms. The Morgan fingerprint density at radius 1 is 1.47 bits per heavy atom. The van der Waals surface area contributed by atoms with Crippen molar-refractivity contribution in [2.45, 2.75) is 45.1 Å². The van der Waals surface area contributed by atoms with Crippen molar-refractivity contribution in [2.24, 2.45) is 11.7 Å². The summed E-state index contributed by atoms with van der Waals surface area (Å²) in [5.41, 5.74) is 6.55. The van der Waals surface area contributed by atoms with E-state index in [0.717, 1.165) is 25.0 Å². The van der Waals surface area contributed by atoms with Gasteiger partial charge in [0.15, 0.2) is 0 Å². The number of aryl methyl sites for hydroxylation is 1. The van der Waals surface area contributed by atoms with Gasteiger partial charge in [-0.15, -0.1) is 0 Å². The van der Waals surface area contributed by atoms with Crippen LogP contribution in [0.5, 0.6) is 0 Å². The van der Waals surface area contributed by atoms with Crippen molar-refractivity contribution in [2.75, 3.05) is 13.6 Å². The summed E-state index contributed by atoms with van der Waals surface area (Å²) in [7, 11) is 1.90. The van der Waals surface area contributed by atoms with Crippen LogP contribution in [0.3, 0.4) is 0 Å². The Bertz CT molecular complexity index is 428. The van der Waals surface area contributed by atoms with Gasteiger partial charge in [0, 0.05) is 19.5 Å². The van der Waals surface area contributed by atoms with E-state index in [9.17, 15) is 4.79 Å². The molecule has 19 heavy (non-hydrogen) atoms. The lowest BCUT2D eigenvalue weighted by atomic mass is 9.83. The van der Waals surface area contributed by atoms with Crippen LogP contribution < -0.4 is 5.73 Å². The van der Waals surface area contributed by atoms with E-state index in [1.54, 1.807) is 12.3 Å². The molecule has 1 aromatic rings. The van der Waals surface area contributed by atoms with Crippen molar-refractivity contribution in [3.8, 4) is 0 Å². The van der Waals surface area contributed by atoms with E-state index in [2.05, 4.69) is 0 Å². The lowest BCUT2D eigenvalue weighted by Crippen LogP contribution is -2.46. The fraction of sp³-hybridized carbons (Fsp3) is 0.667. The average Bonchev–Trinajstić information content (AvgIpc) is 2.94. The van der Waals surface area contributed by atoms with Crippen LogP contribution in [-0.2, 0) is 6.42 Å². The summed E-state index contributed by atoms with van der Waals surface area (Å²) in [6.07, 6.45) is 6.94.